The Balaban J connectivity index is 2.10. The van der Waals surface area contributed by atoms with Crippen LogP contribution in [0.15, 0.2) is 18.3 Å². The molecule has 3 heteroatoms. The summed E-state index contributed by atoms with van der Waals surface area (Å²) in [7, 11) is 0. The maximum Gasteiger partial charge on any atom is 0.133 e. The van der Waals surface area contributed by atoms with Crippen LogP contribution in [0, 0.1) is 5.92 Å². The van der Waals surface area contributed by atoms with Crippen LogP contribution in [-0.2, 0) is 6.54 Å². The normalized spacial score (nSPS) is 20.8. The van der Waals surface area contributed by atoms with Gasteiger partial charge in [-0.1, -0.05) is 19.9 Å². The summed E-state index contributed by atoms with van der Waals surface area (Å²) < 4.78 is 0. The van der Waals surface area contributed by atoms with Crippen LogP contribution in [0.2, 0.25) is 0 Å². The van der Waals surface area contributed by atoms with Crippen molar-refractivity contribution < 1.29 is 0 Å². The SMILES string of the molecule is CCNCc1cccnc1N1CCCC(C)CC1. The van der Waals surface area contributed by atoms with E-state index in [1.165, 1.54) is 30.6 Å². The van der Waals surface area contributed by atoms with Gasteiger partial charge in [-0.25, -0.2) is 4.98 Å². The van der Waals surface area contributed by atoms with Crippen LogP contribution in [0.1, 0.15) is 38.7 Å². The molecule has 0 saturated carbocycles. The van der Waals surface area contributed by atoms with Gasteiger partial charge in [0.25, 0.3) is 0 Å². The molecule has 1 aromatic rings. The van der Waals surface area contributed by atoms with E-state index >= 15 is 0 Å². The zero-order valence-corrected chi connectivity index (χ0v) is 11.7. The molecule has 1 unspecified atom stereocenters. The highest BCUT2D eigenvalue weighted by atomic mass is 15.2. The van der Waals surface area contributed by atoms with E-state index in [4.69, 9.17) is 0 Å². The van der Waals surface area contributed by atoms with Crippen LogP contribution in [-0.4, -0.2) is 24.6 Å². The lowest BCUT2D eigenvalue weighted by Crippen LogP contribution is -2.27. The molecule has 0 radical (unpaired) electrons. The van der Waals surface area contributed by atoms with Gasteiger partial charge in [0.15, 0.2) is 0 Å². The van der Waals surface area contributed by atoms with Crippen molar-refractivity contribution in [2.75, 3.05) is 24.5 Å². The second-order valence-corrected chi connectivity index (χ2v) is 5.29. The quantitative estimate of drug-likeness (QED) is 0.887. The minimum absolute atomic E-state index is 0.857. The fourth-order valence-electron chi connectivity index (χ4n) is 2.59. The molecule has 0 bridgehead atoms. The first kappa shape index (κ1) is 13.3. The number of anilines is 1. The molecule has 3 nitrogen and oxygen atoms in total. The summed E-state index contributed by atoms with van der Waals surface area (Å²) >= 11 is 0. The van der Waals surface area contributed by atoms with Crippen LogP contribution in [0.3, 0.4) is 0 Å². The second-order valence-electron chi connectivity index (χ2n) is 5.29. The predicted molar refractivity (Wildman–Crippen MR) is 76.8 cm³/mol. The summed E-state index contributed by atoms with van der Waals surface area (Å²) in [6.07, 6.45) is 5.85. The van der Waals surface area contributed by atoms with Crippen molar-refractivity contribution in [1.29, 1.82) is 0 Å². The first-order chi connectivity index (χ1) is 8.81. The molecule has 1 aliphatic heterocycles. The Labute approximate surface area is 111 Å². The smallest absolute Gasteiger partial charge is 0.133 e. The lowest BCUT2D eigenvalue weighted by atomic mass is 10.0. The average molecular weight is 247 g/mol. The maximum atomic E-state index is 4.61. The van der Waals surface area contributed by atoms with Crippen LogP contribution < -0.4 is 10.2 Å². The zero-order chi connectivity index (χ0) is 12.8. The fraction of sp³-hybridized carbons (Fsp3) is 0.667. The van der Waals surface area contributed by atoms with E-state index in [0.29, 0.717) is 0 Å². The van der Waals surface area contributed by atoms with Crippen molar-refractivity contribution in [2.45, 2.75) is 39.7 Å². The molecular formula is C15H25N3. The zero-order valence-electron chi connectivity index (χ0n) is 11.7. The van der Waals surface area contributed by atoms with Gasteiger partial charge in [0.1, 0.15) is 5.82 Å². The number of hydrogen-bond acceptors (Lipinski definition) is 3. The van der Waals surface area contributed by atoms with Gasteiger partial charge >= 0.3 is 0 Å². The Hall–Kier alpha value is -1.09. The van der Waals surface area contributed by atoms with Gasteiger partial charge in [0.2, 0.25) is 0 Å². The van der Waals surface area contributed by atoms with E-state index in [-0.39, 0.29) is 0 Å². The Morgan fingerprint density at radius 2 is 2.28 bits per heavy atom. The largest absolute Gasteiger partial charge is 0.356 e. The first-order valence-electron chi connectivity index (χ1n) is 7.20. The molecule has 0 amide bonds. The summed E-state index contributed by atoms with van der Waals surface area (Å²) in [5, 5.41) is 3.40. The Bertz CT molecular complexity index is 365. The fourth-order valence-corrected chi connectivity index (χ4v) is 2.59. The van der Waals surface area contributed by atoms with Crippen LogP contribution in [0.5, 0.6) is 0 Å². The van der Waals surface area contributed by atoms with Gasteiger partial charge in [-0.2, -0.15) is 0 Å². The molecule has 1 atom stereocenters. The number of pyridine rings is 1. The Morgan fingerprint density at radius 3 is 3.11 bits per heavy atom. The van der Waals surface area contributed by atoms with Gasteiger partial charge in [0, 0.05) is 31.4 Å². The van der Waals surface area contributed by atoms with E-state index in [2.05, 4.69) is 35.1 Å². The molecule has 0 aliphatic carbocycles. The second kappa shape index (κ2) is 6.74. The molecule has 2 rings (SSSR count). The number of nitrogens with one attached hydrogen (secondary N) is 1. The van der Waals surface area contributed by atoms with E-state index in [1.807, 2.05) is 12.3 Å². The van der Waals surface area contributed by atoms with E-state index in [0.717, 1.165) is 32.1 Å². The standard InChI is InChI=1S/C15H25N3/c1-3-16-12-14-7-4-9-17-15(14)18-10-5-6-13(2)8-11-18/h4,7,9,13,16H,3,5-6,8,10-12H2,1-2H3. The van der Waals surface area contributed by atoms with Crippen LogP contribution in [0.25, 0.3) is 0 Å². The van der Waals surface area contributed by atoms with Crippen molar-refractivity contribution in [1.82, 2.24) is 10.3 Å². The maximum absolute atomic E-state index is 4.61. The van der Waals surface area contributed by atoms with Gasteiger partial charge in [-0.15, -0.1) is 0 Å². The summed E-state index contributed by atoms with van der Waals surface area (Å²) in [6, 6.07) is 4.23. The molecule has 1 N–H and O–H groups in total. The molecule has 0 spiro atoms. The molecule has 0 aromatic carbocycles. The highest BCUT2D eigenvalue weighted by Crippen LogP contribution is 2.23. The number of hydrogen-bond donors (Lipinski definition) is 1. The van der Waals surface area contributed by atoms with Gasteiger partial charge < -0.3 is 10.2 Å². The van der Waals surface area contributed by atoms with E-state index in [1.54, 1.807) is 0 Å². The van der Waals surface area contributed by atoms with Crippen molar-refractivity contribution in [3.8, 4) is 0 Å². The lowest BCUT2D eigenvalue weighted by Gasteiger charge is -2.24. The Morgan fingerprint density at radius 1 is 1.39 bits per heavy atom. The number of aromatic nitrogens is 1. The van der Waals surface area contributed by atoms with E-state index in [9.17, 15) is 0 Å². The molecule has 2 heterocycles. The van der Waals surface area contributed by atoms with Gasteiger partial charge in [-0.3, -0.25) is 0 Å². The third-order valence-corrected chi connectivity index (χ3v) is 3.75. The summed E-state index contributed by atoms with van der Waals surface area (Å²) in [5.41, 5.74) is 1.33. The summed E-state index contributed by atoms with van der Waals surface area (Å²) in [4.78, 5) is 7.08. The molecule has 100 valence electrons. The van der Waals surface area contributed by atoms with Gasteiger partial charge in [-0.05, 0) is 37.8 Å². The molecule has 1 aliphatic rings. The van der Waals surface area contributed by atoms with Crippen molar-refractivity contribution in [3.63, 3.8) is 0 Å². The van der Waals surface area contributed by atoms with Crippen molar-refractivity contribution >= 4 is 5.82 Å². The van der Waals surface area contributed by atoms with Crippen molar-refractivity contribution in [2.24, 2.45) is 5.92 Å². The molecular weight excluding hydrogens is 222 g/mol. The monoisotopic (exact) mass is 247 g/mol. The third kappa shape index (κ3) is 3.45. The minimum Gasteiger partial charge on any atom is -0.356 e. The van der Waals surface area contributed by atoms with E-state index < -0.39 is 0 Å². The van der Waals surface area contributed by atoms with Crippen LogP contribution in [0.4, 0.5) is 5.82 Å². The number of rotatable bonds is 4. The molecule has 1 aromatic heterocycles. The predicted octanol–water partition coefficient (Wildman–Crippen LogP) is 2.82. The minimum atomic E-state index is 0.857. The van der Waals surface area contributed by atoms with Crippen LogP contribution >= 0.6 is 0 Å². The highest BCUT2D eigenvalue weighted by molar-refractivity contribution is 5.46. The molecule has 1 saturated heterocycles. The topological polar surface area (TPSA) is 28.2 Å². The molecule has 1 fully saturated rings. The molecule has 18 heavy (non-hydrogen) atoms. The Kier molecular flexibility index (Phi) is 5.00. The summed E-state index contributed by atoms with van der Waals surface area (Å²) in [5.74, 6) is 2.04. The first-order valence-corrected chi connectivity index (χ1v) is 7.20. The average Bonchev–Trinajstić information content (AvgIpc) is 2.61. The van der Waals surface area contributed by atoms with Gasteiger partial charge in [0.05, 0.1) is 0 Å². The summed E-state index contributed by atoms with van der Waals surface area (Å²) in [6.45, 7) is 8.74. The highest BCUT2D eigenvalue weighted by Gasteiger charge is 2.17. The van der Waals surface area contributed by atoms with Crippen molar-refractivity contribution in [3.05, 3.63) is 23.9 Å². The lowest BCUT2D eigenvalue weighted by molar-refractivity contribution is 0.521. The number of nitrogens with zero attached hydrogens (tertiary/aromatic N) is 2. The third-order valence-electron chi connectivity index (χ3n) is 3.75.